The molecule has 0 aliphatic heterocycles. The van der Waals surface area contributed by atoms with E-state index >= 15 is 0 Å². The standard InChI is InChI=1S/C23H27N3O4S2/c1-25(2)32(28,29)19-13-14-21-20(15-19)24-23(30-21)31-16-22(27)26(17-9-5-3-6-10-17)18-11-7-4-8-12-18/h3,5-6,9-10,13-15,18H,4,7-8,11-12,16H2,1-2H3. The first-order chi connectivity index (χ1) is 15.4. The summed E-state index contributed by atoms with van der Waals surface area (Å²) in [7, 11) is -0.583. The van der Waals surface area contributed by atoms with E-state index in [0.717, 1.165) is 35.7 Å². The molecule has 9 heteroatoms. The predicted molar refractivity (Wildman–Crippen MR) is 126 cm³/mol. The Labute approximate surface area is 192 Å². The van der Waals surface area contributed by atoms with Crippen LogP contribution in [0.5, 0.6) is 0 Å². The van der Waals surface area contributed by atoms with Crippen molar-refractivity contribution in [1.29, 1.82) is 0 Å². The summed E-state index contributed by atoms with van der Waals surface area (Å²) in [5.74, 6) is 0.215. The largest absolute Gasteiger partial charge is 0.431 e. The Morgan fingerprint density at radius 1 is 1.09 bits per heavy atom. The molecule has 1 amide bonds. The van der Waals surface area contributed by atoms with Gasteiger partial charge in [-0.1, -0.05) is 49.2 Å². The monoisotopic (exact) mass is 473 g/mol. The Balaban J connectivity index is 1.51. The third-order valence-electron chi connectivity index (χ3n) is 5.68. The highest BCUT2D eigenvalue weighted by atomic mass is 32.2. The lowest BCUT2D eigenvalue weighted by Crippen LogP contribution is -2.42. The Morgan fingerprint density at radius 2 is 1.81 bits per heavy atom. The Morgan fingerprint density at radius 3 is 2.50 bits per heavy atom. The summed E-state index contributed by atoms with van der Waals surface area (Å²) in [4.78, 5) is 19.7. The van der Waals surface area contributed by atoms with Crippen LogP contribution in [0.1, 0.15) is 32.1 Å². The number of amides is 1. The number of carbonyl (C=O) groups excluding carboxylic acids is 1. The Kier molecular flexibility index (Phi) is 6.88. The first-order valence-electron chi connectivity index (χ1n) is 10.7. The van der Waals surface area contributed by atoms with E-state index in [2.05, 4.69) is 4.98 Å². The minimum atomic E-state index is -3.56. The first-order valence-corrected chi connectivity index (χ1v) is 13.1. The Hall–Kier alpha value is -2.36. The van der Waals surface area contributed by atoms with Crippen molar-refractivity contribution in [2.75, 3.05) is 24.7 Å². The summed E-state index contributed by atoms with van der Waals surface area (Å²) >= 11 is 1.23. The van der Waals surface area contributed by atoms with E-state index in [1.54, 1.807) is 6.07 Å². The topological polar surface area (TPSA) is 83.7 Å². The molecule has 2 aromatic carbocycles. The van der Waals surface area contributed by atoms with Gasteiger partial charge < -0.3 is 9.32 Å². The van der Waals surface area contributed by atoms with Crippen LogP contribution in [-0.4, -0.2) is 49.5 Å². The molecule has 1 aliphatic rings. The SMILES string of the molecule is CN(C)S(=O)(=O)c1ccc2oc(SCC(=O)N(c3ccccc3)C3CCCCC3)nc2c1. The number of fused-ring (bicyclic) bond motifs is 1. The van der Waals surface area contributed by atoms with Crippen molar-refractivity contribution in [3.63, 3.8) is 0 Å². The van der Waals surface area contributed by atoms with Crippen molar-refractivity contribution < 1.29 is 17.6 Å². The van der Waals surface area contributed by atoms with Crippen molar-refractivity contribution >= 4 is 44.5 Å². The number of aromatic nitrogens is 1. The van der Waals surface area contributed by atoms with Crippen LogP contribution in [0.15, 0.2) is 63.1 Å². The van der Waals surface area contributed by atoms with Gasteiger partial charge in [0.25, 0.3) is 5.22 Å². The number of hydrogen-bond acceptors (Lipinski definition) is 6. The smallest absolute Gasteiger partial charge is 0.257 e. The molecule has 0 saturated heterocycles. The van der Waals surface area contributed by atoms with Gasteiger partial charge in [-0.25, -0.2) is 17.7 Å². The molecular weight excluding hydrogens is 446 g/mol. The van der Waals surface area contributed by atoms with E-state index in [9.17, 15) is 13.2 Å². The van der Waals surface area contributed by atoms with Gasteiger partial charge in [0, 0.05) is 25.8 Å². The van der Waals surface area contributed by atoms with Gasteiger partial charge >= 0.3 is 0 Å². The lowest BCUT2D eigenvalue weighted by Gasteiger charge is -2.34. The van der Waals surface area contributed by atoms with Crippen LogP contribution < -0.4 is 4.90 Å². The van der Waals surface area contributed by atoms with Crippen LogP contribution in [0.25, 0.3) is 11.1 Å². The molecule has 1 aliphatic carbocycles. The molecule has 7 nitrogen and oxygen atoms in total. The fourth-order valence-corrected chi connectivity index (χ4v) is 5.62. The molecule has 0 radical (unpaired) electrons. The summed E-state index contributed by atoms with van der Waals surface area (Å²) in [6.45, 7) is 0. The average Bonchev–Trinajstić information content (AvgIpc) is 3.21. The van der Waals surface area contributed by atoms with Crippen molar-refractivity contribution in [3.05, 3.63) is 48.5 Å². The molecule has 4 rings (SSSR count). The van der Waals surface area contributed by atoms with E-state index in [1.807, 2.05) is 35.2 Å². The fraction of sp³-hybridized carbons (Fsp3) is 0.391. The third kappa shape index (κ3) is 4.84. The van der Waals surface area contributed by atoms with Crippen molar-refractivity contribution in [1.82, 2.24) is 9.29 Å². The minimum absolute atomic E-state index is 0.0197. The highest BCUT2D eigenvalue weighted by Crippen LogP contribution is 2.30. The van der Waals surface area contributed by atoms with Gasteiger partial charge in [0.15, 0.2) is 5.58 Å². The van der Waals surface area contributed by atoms with E-state index in [0.29, 0.717) is 16.3 Å². The molecule has 0 atom stereocenters. The van der Waals surface area contributed by atoms with E-state index < -0.39 is 10.0 Å². The first kappa shape index (κ1) is 22.8. The van der Waals surface area contributed by atoms with Gasteiger partial charge in [0.2, 0.25) is 15.9 Å². The number of carbonyl (C=O) groups is 1. The second kappa shape index (κ2) is 9.64. The summed E-state index contributed by atoms with van der Waals surface area (Å²) in [6.07, 6.45) is 5.51. The maximum absolute atomic E-state index is 13.2. The number of rotatable bonds is 7. The highest BCUT2D eigenvalue weighted by molar-refractivity contribution is 7.99. The number of thioether (sulfide) groups is 1. The molecule has 1 saturated carbocycles. The van der Waals surface area contributed by atoms with Crippen LogP contribution >= 0.6 is 11.8 Å². The summed E-state index contributed by atoms with van der Waals surface area (Å²) in [5.41, 5.74) is 1.86. The quantitative estimate of drug-likeness (QED) is 0.469. The zero-order chi connectivity index (χ0) is 22.7. The highest BCUT2D eigenvalue weighted by Gasteiger charge is 2.27. The molecule has 170 valence electrons. The Bertz CT molecular complexity index is 1190. The van der Waals surface area contributed by atoms with Crippen LogP contribution in [0.4, 0.5) is 5.69 Å². The van der Waals surface area contributed by atoms with Crippen molar-refractivity contribution in [3.8, 4) is 0 Å². The van der Waals surface area contributed by atoms with Gasteiger partial charge in [0.1, 0.15) is 5.52 Å². The third-order valence-corrected chi connectivity index (χ3v) is 8.30. The average molecular weight is 474 g/mol. The van der Waals surface area contributed by atoms with Crippen LogP contribution in [-0.2, 0) is 14.8 Å². The van der Waals surface area contributed by atoms with Gasteiger partial charge in [0.05, 0.1) is 10.6 Å². The number of oxazole rings is 1. The molecule has 32 heavy (non-hydrogen) atoms. The van der Waals surface area contributed by atoms with Gasteiger partial charge in [-0.2, -0.15) is 0 Å². The second-order valence-corrected chi connectivity index (χ2v) is 11.2. The normalized spacial score (nSPS) is 15.3. The fourth-order valence-electron chi connectivity index (χ4n) is 4.00. The van der Waals surface area contributed by atoms with E-state index in [4.69, 9.17) is 4.42 Å². The van der Waals surface area contributed by atoms with E-state index in [-0.39, 0.29) is 22.6 Å². The molecule has 1 aromatic heterocycles. The zero-order valence-corrected chi connectivity index (χ0v) is 19.9. The van der Waals surface area contributed by atoms with Crippen molar-refractivity contribution in [2.24, 2.45) is 0 Å². The number of nitrogens with zero attached hydrogens (tertiary/aromatic N) is 3. The molecule has 1 fully saturated rings. The minimum Gasteiger partial charge on any atom is -0.431 e. The van der Waals surface area contributed by atoms with Gasteiger partial charge in [-0.3, -0.25) is 4.79 Å². The summed E-state index contributed by atoms with van der Waals surface area (Å²) < 4.78 is 31.6. The molecule has 3 aromatic rings. The molecule has 0 unspecified atom stereocenters. The lowest BCUT2D eigenvalue weighted by molar-refractivity contribution is -0.116. The summed E-state index contributed by atoms with van der Waals surface area (Å²) in [6, 6.07) is 14.6. The number of sulfonamides is 1. The molecule has 0 N–H and O–H groups in total. The predicted octanol–water partition coefficient (Wildman–Crippen LogP) is 4.54. The van der Waals surface area contributed by atoms with Crippen LogP contribution in [0.3, 0.4) is 0 Å². The molecule has 0 bridgehead atoms. The van der Waals surface area contributed by atoms with Crippen LogP contribution in [0.2, 0.25) is 0 Å². The lowest BCUT2D eigenvalue weighted by atomic mass is 9.93. The maximum Gasteiger partial charge on any atom is 0.257 e. The van der Waals surface area contributed by atoms with Crippen molar-refractivity contribution in [2.45, 2.75) is 48.3 Å². The van der Waals surface area contributed by atoms with Gasteiger partial charge in [-0.15, -0.1) is 0 Å². The molecule has 1 heterocycles. The van der Waals surface area contributed by atoms with Gasteiger partial charge in [-0.05, 0) is 43.2 Å². The molecule has 0 spiro atoms. The summed E-state index contributed by atoms with van der Waals surface area (Å²) in [5, 5.41) is 0.351. The zero-order valence-electron chi connectivity index (χ0n) is 18.2. The maximum atomic E-state index is 13.2. The number of hydrogen-bond donors (Lipinski definition) is 0. The number of para-hydroxylation sites is 1. The van der Waals surface area contributed by atoms with E-state index in [1.165, 1.54) is 44.4 Å². The number of benzene rings is 2. The van der Waals surface area contributed by atoms with Crippen LogP contribution in [0, 0.1) is 0 Å². The number of anilines is 1. The molecular formula is C23H27N3O4S2. The second-order valence-electron chi connectivity index (χ2n) is 8.08.